The summed E-state index contributed by atoms with van der Waals surface area (Å²) in [5.74, 6) is 1.41. The van der Waals surface area contributed by atoms with Crippen LogP contribution in [0.15, 0.2) is 0 Å². The minimum Gasteiger partial charge on any atom is -0.394 e. The fourth-order valence-corrected chi connectivity index (χ4v) is 1.87. The molecule has 1 unspecified atom stereocenters. The predicted octanol–water partition coefficient (Wildman–Crippen LogP) is 0.903. The molecule has 3 nitrogen and oxygen atoms in total. The minimum atomic E-state index is -0.455. The molecule has 0 aromatic carbocycles. The molecular weight excluding hydrogens is 178 g/mol. The SMILES string of the molecule is NC(CO)(COCCC1CC1)C1CC1. The monoisotopic (exact) mass is 199 g/mol. The fraction of sp³-hybridized carbons (Fsp3) is 1.00. The Hall–Kier alpha value is -0.120. The van der Waals surface area contributed by atoms with E-state index in [2.05, 4.69) is 0 Å². The van der Waals surface area contributed by atoms with Crippen LogP contribution in [-0.2, 0) is 4.74 Å². The topological polar surface area (TPSA) is 55.5 Å². The summed E-state index contributed by atoms with van der Waals surface area (Å²) in [5.41, 5.74) is 5.61. The Labute approximate surface area is 85.6 Å². The quantitative estimate of drug-likeness (QED) is 0.599. The van der Waals surface area contributed by atoms with Crippen LogP contribution in [0.3, 0.4) is 0 Å². The van der Waals surface area contributed by atoms with Gasteiger partial charge in [-0.1, -0.05) is 12.8 Å². The summed E-state index contributed by atoms with van der Waals surface area (Å²) in [6.45, 7) is 1.40. The van der Waals surface area contributed by atoms with Gasteiger partial charge in [-0.05, 0) is 31.1 Å². The number of hydrogen-bond donors (Lipinski definition) is 2. The summed E-state index contributed by atoms with van der Waals surface area (Å²) in [7, 11) is 0. The van der Waals surface area contributed by atoms with Gasteiger partial charge in [0.25, 0.3) is 0 Å². The zero-order chi connectivity index (χ0) is 10.0. The van der Waals surface area contributed by atoms with Crippen LogP contribution in [0.4, 0.5) is 0 Å². The Balaban J connectivity index is 1.60. The maximum Gasteiger partial charge on any atom is 0.0671 e. The average Bonchev–Trinajstić information content (AvgIpc) is 3.04. The molecule has 3 N–H and O–H groups in total. The Kier molecular flexibility index (Phi) is 3.10. The van der Waals surface area contributed by atoms with Gasteiger partial charge in [0.05, 0.1) is 18.8 Å². The van der Waals surface area contributed by atoms with Gasteiger partial charge in [0.2, 0.25) is 0 Å². The molecular formula is C11H21NO2. The first-order chi connectivity index (χ1) is 6.74. The molecule has 0 bridgehead atoms. The van der Waals surface area contributed by atoms with Crippen LogP contribution in [0.2, 0.25) is 0 Å². The van der Waals surface area contributed by atoms with Crippen molar-refractivity contribution < 1.29 is 9.84 Å². The van der Waals surface area contributed by atoms with E-state index in [4.69, 9.17) is 10.5 Å². The van der Waals surface area contributed by atoms with Crippen molar-refractivity contribution in [3.8, 4) is 0 Å². The summed E-state index contributed by atoms with van der Waals surface area (Å²) in [4.78, 5) is 0. The van der Waals surface area contributed by atoms with Crippen molar-refractivity contribution in [1.29, 1.82) is 0 Å². The highest BCUT2D eigenvalue weighted by atomic mass is 16.5. The second-order valence-electron chi connectivity index (χ2n) is 4.95. The molecule has 3 heteroatoms. The van der Waals surface area contributed by atoms with Crippen molar-refractivity contribution in [2.75, 3.05) is 19.8 Å². The first kappa shape index (κ1) is 10.4. The normalized spacial score (nSPS) is 26.1. The molecule has 0 spiro atoms. The molecule has 2 saturated carbocycles. The van der Waals surface area contributed by atoms with Crippen molar-refractivity contribution >= 4 is 0 Å². The third-order valence-electron chi connectivity index (χ3n) is 3.42. The molecule has 0 aliphatic heterocycles. The van der Waals surface area contributed by atoms with Gasteiger partial charge in [-0.2, -0.15) is 0 Å². The predicted molar refractivity (Wildman–Crippen MR) is 54.9 cm³/mol. The van der Waals surface area contributed by atoms with Crippen LogP contribution in [0.25, 0.3) is 0 Å². The Bertz CT molecular complexity index is 190. The van der Waals surface area contributed by atoms with E-state index < -0.39 is 5.54 Å². The smallest absolute Gasteiger partial charge is 0.0671 e. The number of aliphatic hydroxyl groups excluding tert-OH is 1. The first-order valence-electron chi connectivity index (χ1n) is 5.72. The van der Waals surface area contributed by atoms with Crippen LogP contribution >= 0.6 is 0 Å². The van der Waals surface area contributed by atoms with E-state index in [-0.39, 0.29) is 6.61 Å². The largest absolute Gasteiger partial charge is 0.394 e. The molecule has 14 heavy (non-hydrogen) atoms. The lowest BCUT2D eigenvalue weighted by Crippen LogP contribution is -2.50. The summed E-state index contributed by atoms with van der Waals surface area (Å²) in [6, 6.07) is 0. The van der Waals surface area contributed by atoms with E-state index in [0.29, 0.717) is 12.5 Å². The molecule has 2 aliphatic rings. The van der Waals surface area contributed by atoms with E-state index in [9.17, 15) is 5.11 Å². The number of nitrogens with two attached hydrogens (primary N) is 1. The minimum absolute atomic E-state index is 0.0566. The van der Waals surface area contributed by atoms with Gasteiger partial charge in [-0.25, -0.2) is 0 Å². The second kappa shape index (κ2) is 4.17. The average molecular weight is 199 g/mol. The van der Waals surface area contributed by atoms with E-state index in [1.165, 1.54) is 19.3 Å². The number of rotatable bonds is 7. The molecule has 0 aromatic rings. The molecule has 2 fully saturated rings. The molecule has 0 aromatic heterocycles. The Morgan fingerprint density at radius 1 is 1.29 bits per heavy atom. The zero-order valence-corrected chi connectivity index (χ0v) is 8.74. The lowest BCUT2D eigenvalue weighted by atomic mass is 9.97. The van der Waals surface area contributed by atoms with Crippen LogP contribution in [0.5, 0.6) is 0 Å². The van der Waals surface area contributed by atoms with E-state index in [1.54, 1.807) is 0 Å². The molecule has 2 rings (SSSR count). The van der Waals surface area contributed by atoms with Crippen molar-refractivity contribution in [2.45, 2.75) is 37.6 Å². The molecule has 0 amide bonds. The standard InChI is InChI=1S/C11H21NO2/c12-11(7-13,10-3-4-10)8-14-6-5-9-1-2-9/h9-10,13H,1-8,12H2. The zero-order valence-electron chi connectivity index (χ0n) is 8.74. The van der Waals surface area contributed by atoms with Gasteiger partial charge in [-0.3, -0.25) is 0 Å². The van der Waals surface area contributed by atoms with Crippen molar-refractivity contribution in [3.05, 3.63) is 0 Å². The molecule has 82 valence electrons. The maximum absolute atomic E-state index is 9.21. The molecule has 0 saturated heterocycles. The molecule has 1 atom stereocenters. The maximum atomic E-state index is 9.21. The highest BCUT2D eigenvalue weighted by Crippen LogP contribution is 2.38. The fourth-order valence-electron chi connectivity index (χ4n) is 1.87. The number of aliphatic hydroxyl groups is 1. The molecule has 2 aliphatic carbocycles. The van der Waals surface area contributed by atoms with Gasteiger partial charge >= 0.3 is 0 Å². The first-order valence-corrected chi connectivity index (χ1v) is 5.72. The summed E-state index contributed by atoms with van der Waals surface area (Å²) in [5, 5.41) is 9.21. The number of hydrogen-bond acceptors (Lipinski definition) is 3. The van der Waals surface area contributed by atoms with Gasteiger partial charge in [0.15, 0.2) is 0 Å². The lowest BCUT2D eigenvalue weighted by Gasteiger charge is -2.26. The lowest BCUT2D eigenvalue weighted by molar-refractivity contribution is 0.0419. The van der Waals surface area contributed by atoms with Gasteiger partial charge < -0.3 is 15.6 Å². The van der Waals surface area contributed by atoms with Crippen LogP contribution in [-0.4, -0.2) is 30.5 Å². The van der Waals surface area contributed by atoms with E-state index >= 15 is 0 Å². The molecule has 0 radical (unpaired) electrons. The third-order valence-corrected chi connectivity index (χ3v) is 3.42. The summed E-state index contributed by atoms with van der Waals surface area (Å²) < 4.78 is 5.56. The molecule has 0 heterocycles. The van der Waals surface area contributed by atoms with Gasteiger partial charge in [0.1, 0.15) is 0 Å². The summed E-state index contributed by atoms with van der Waals surface area (Å²) >= 11 is 0. The van der Waals surface area contributed by atoms with Crippen LogP contribution in [0.1, 0.15) is 32.1 Å². The Morgan fingerprint density at radius 3 is 2.50 bits per heavy atom. The Morgan fingerprint density at radius 2 is 2.00 bits per heavy atom. The van der Waals surface area contributed by atoms with Crippen molar-refractivity contribution in [3.63, 3.8) is 0 Å². The highest BCUT2D eigenvalue weighted by molar-refractivity contribution is 4.98. The third kappa shape index (κ3) is 2.69. The highest BCUT2D eigenvalue weighted by Gasteiger charge is 2.42. The second-order valence-corrected chi connectivity index (χ2v) is 4.95. The van der Waals surface area contributed by atoms with Crippen LogP contribution in [0, 0.1) is 11.8 Å². The van der Waals surface area contributed by atoms with Crippen molar-refractivity contribution in [1.82, 2.24) is 0 Å². The van der Waals surface area contributed by atoms with Crippen LogP contribution < -0.4 is 5.73 Å². The van der Waals surface area contributed by atoms with Gasteiger partial charge in [0, 0.05) is 6.61 Å². The van der Waals surface area contributed by atoms with Gasteiger partial charge in [-0.15, -0.1) is 0 Å². The summed E-state index contributed by atoms with van der Waals surface area (Å²) in [6.07, 6.45) is 6.23. The van der Waals surface area contributed by atoms with E-state index in [0.717, 1.165) is 25.4 Å². The van der Waals surface area contributed by atoms with E-state index in [1.807, 2.05) is 0 Å². The number of ether oxygens (including phenoxy) is 1. The van der Waals surface area contributed by atoms with Crippen molar-refractivity contribution in [2.24, 2.45) is 17.6 Å².